The minimum Gasteiger partial charge on any atom is -0.493 e. The maximum atomic E-state index is 13.9. The summed E-state index contributed by atoms with van der Waals surface area (Å²) >= 11 is 1.21. The lowest BCUT2D eigenvalue weighted by Gasteiger charge is -2.09. The number of halogens is 2. The summed E-state index contributed by atoms with van der Waals surface area (Å²) in [6, 6.07) is 10.9. The van der Waals surface area contributed by atoms with Gasteiger partial charge in [-0.25, -0.2) is 8.78 Å². The van der Waals surface area contributed by atoms with Gasteiger partial charge in [0.2, 0.25) is 0 Å². The SMILES string of the molecule is CCOc1ccccc1-c1nnc(SC(C)c2ccc(F)cc2F)o1. The van der Waals surface area contributed by atoms with E-state index in [0.29, 0.717) is 34.6 Å². The predicted molar refractivity (Wildman–Crippen MR) is 91.5 cm³/mol. The average molecular weight is 362 g/mol. The van der Waals surface area contributed by atoms with Crippen LogP contribution in [0.1, 0.15) is 24.7 Å². The number of nitrogens with zero attached hydrogens (tertiary/aromatic N) is 2. The van der Waals surface area contributed by atoms with E-state index in [1.54, 1.807) is 6.92 Å². The van der Waals surface area contributed by atoms with Crippen molar-refractivity contribution in [3.63, 3.8) is 0 Å². The van der Waals surface area contributed by atoms with E-state index in [1.165, 1.54) is 23.9 Å². The van der Waals surface area contributed by atoms with Crippen LogP contribution in [-0.4, -0.2) is 16.8 Å². The lowest BCUT2D eigenvalue weighted by Crippen LogP contribution is -1.94. The van der Waals surface area contributed by atoms with Gasteiger partial charge in [-0.1, -0.05) is 30.0 Å². The summed E-state index contributed by atoms with van der Waals surface area (Å²) in [6.45, 7) is 4.21. The quantitative estimate of drug-likeness (QED) is 0.559. The molecule has 130 valence electrons. The van der Waals surface area contributed by atoms with E-state index in [4.69, 9.17) is 9.15 Å². The molecule has 0 radical (unpaired) electrons. The first-order valence-electron chi connectivity index (χ1n) is 7.75. The largest absolute Gasteiger partial charge is 0.493 e. The molecule has 0 aliphatic rings. The molecular formula is C18H16F2N2O2S. The van der Waals surface area contributed by atoms with E-state index in [-0.39, 0.29) is 5.25 Å². The molecule has 1 aromatic heterocycles. The fraction of sp³-hybridized carbons (Fsp3) is 0.222. The molecule has 1 heterocycles. The van der Waals surface area contributed by atoms with Gasteiger partial charge in [0.15, 0.2) is 0 Å². The van der Waals surface area contributed by atoms with Crippen molar-refractivity contribution in [2.24, 2.45) is 0 Å². The Morgan fingerprint density at radius 2 is 1.96 bits per heavy atom. The van der Waals surface area contributed by atoms with E-state index in [9.17, 15) is 8.78 Å². The van der Waals surface area contributed by atoms with Crippen molar-refractivity contribution in [1.82, 2.24) is 10.2 Å². The van der Waals surface area contributed by atoms with Crippen molar-refractivity contribution < 1.29 is 17.9 Å². The molecule has 0 aliphatic carbocycles. The van der Waals surface area contributed by atoms with Crippen LogP contribution >= 0.6 is 11.8 Å². The highest BCUT2D eigenvalue weighted by molar-refractivity contribution is 7.99. The molecule has 0 N–H and O–H groups in total. The van der Waals surface area contributed by atoms with Crippen LogP contribution in [0.4, 0.5) is 8.78 Å². The van der Waals surface area contributed by atoms with Gasteiger partial charge in [0.1, 0.15) is 17.4 Å². The molecule has 25 heavy (non-hydrogen) atoms. The van der Waals surface area contributed by atoms with Crippen LogP contribution in [0.25, 0.3) is 11.5 Å². The van der Waals surface area contributed by atoms with Gasteiger partial charge in [0, 0.05) is 16.9 Å². The second-order valence-electron chi connectivity index (χ2n) is 5.23. The Labute approximate surface area is 148 Å². The van der Waals surface area contributed by atoms with Gasteiger partial charge in [-0.15, -0.1) is 10.2 Å². The number of hydrogen-bond acceptors (Lipinski definition) is 5. The summed E-state index contributed by atoms with van der Waals surface area (Å²) in [5.74, 6) is -0.214. The third kappa shape index (κ3) is 3.99. The fourth-order valence-electron chi connectivity index (χ4n) is 2.34. The normalized spacial score (nSPS) is 12.2. The number of benzene rings is 2. The van der Waals surface area contributed by atoms with Crippen molar-refractivity contribution in [2.45, 2.75) is 24.3 Å². The molecule has 3 aromatic rings. The molecule has 0 amide bonds. The third-order valence-electron chi connectivity index (χ3n) is 3.50. The van der Waals surface area contributed by atoms with Crippen molar-refractivity contribution in [3.05, 3.63) is 59.7 Å². The molecule has 0 aliphatic heterocycles. The van der Waals surface area contributed by atoms with Crippen molar-refractivity contribution >= 4 is 11.8 Å². The highest BCUT2D eigenvalue weighted by Gasteiger charge is 2.18. The Kier molecular flexibility index (Phi) is 5.33. The molecule has 0 spiro atoms. The minimum absolute atomic E-state index is 0.303. The second kappa shape index (κ2) is 7.65. The van der Waals surface area contributed by atoms with E-state index in [2.05, 4.69) is 10.2 Å². The van der Waals surface area contributed by atoms with Crippen molar-refractivity contribution in [3.8, 4) is 17.2 Å². The molecular weight excluding hydrogens is 346 g/mol. The zero-order valence-corrected chi connectivity index (χ0v) is 14.5. The van der Waals surface area contributed by atoms with Crippen molar-refractivity contribution in [2.75, 3.05) is 6.61 Å². The predicted octanol–water partition coefficient (Wildman–Crippen LogP) is 5.27. The monoisotopic (exact) mass is 362 g/mol. The van der Waals surface area contributed by atoms with E-state index in [0.717, 1.165) is 6.07 Å². The van der Waals surface area contributed by atoms with Crippen LogP contribution in [0, 0.1) is 11.6 Å². The molecule has 4 nitrogen and oxygen atoms in total. The Balaban J connectivity index is 1.80. The van der Waals surface area contributed by atoms with Gasteiger partial charge >= 0.3 is 0 Å². The molecule has 7 heteroatoms. The number of rotatable bonds is 6. The van der Waals surface area contributed by atoms with E-state index in [1.807, 2.05) is 31.2 Å². The van der Waals surface area contributed by atoms with E-state index >= 15 is 0 Å². The average Bonchev–Trinajstić information content (AvgIpc) is 3.03. The summed E-state index contributed by atoms with van der Waals surface area (Å²) in [5.41, 5.74) is 1.07. The number of ether oxygens (including phenoxy) is 1. The zero-order valence-electron chi connectivity index (χ0n) is 13.7. The summed E-state index contributed by atoms with van der Waals surface area (Å²) < 4.78 is 38.1. The van der Waals surface area contributed by atoms with Crippen LogP contribution in [0.3, 0.4) is 0 Å². The maximum Gasteiger partial charge on any atom is 0.277 e. The molecule has 0 bridgehead atoms. The molecule has 2 aromatic carbocycles. The maximum absolute atomic E-state index is 13.9. The molecule has 1 atom stereocenters. The number of thioether (sulfide) groups is 1. The molecule has 0 saturated carbocycles. The molecule has 3 rings (SSSR count). The number of hydrogen-bond donors (Lipinski definition) is 0. The van der Waals surface area contributed by atoms with Gasteiger partial charge < -0.3 is 9.15 Å². The smallest absolute Gasteiger partial charge is 0.277 e. The van der Waals surface area contributed by atoms with Crippen LogP contribution < -0.4 is 4.74 Å². The van der Waals surface area contributed by atoms with E-state index < -0.39 is 11.6 Å². The Morgan fingerprint density at radius 3 is 2.72 bits per heavy atom. The lowest BCUT2D eigenvalue weighted by molar-refractivity contribution is 0.340. The van der Waals surface area contributed by atoms with Gasteiger partial charge in [-0.2, -0.15) is 0 Å². The van der Waals surface area contributed by atoms with Gasteiger partial charge in [0.25, 0.3) is 11.1 Å². The van der Waals surface area contributed by atoms with Crippen LogP contribution in [0.15, 0.2) is 52.1 Å². The summed E-state index contributed by atoms with van der Waals surface area (Å²) in [6.07, 6.45) is 0. The minimum atomic E-state index is -0.606. The van der Waals surface area contributed by atoms with Crippen molar-refractivity contribution in [1.29, 1.82) is 0 Å². The standard InChI is InChI=1S/C18H16F2N2O2S/c1-3-23-16-7-5-4-6-14(16)17-21-22-18(24-17)25-11(2)13-9-8-12(19)10-15(13)20/h4-11H,3H2,1-2H3. The topological polar surface area (TPSA) is 48.2 Å². The first-order chi connectivity index (χ1) is 12.1. The molecule has 0 fully saturated rings. The summed E-state index contributed by atoms with van der Waals surface area (Å²) in [7, 11) is 0. The van der Waals surface area contributed by atoms with Gasteiger partial charge in [-0.3, -0.25) is 0 Å². The number of aromatic nitrogens is 2. The van der Waals surface area contributed by atoms with Gasteiger partial charge in [0.05, 0.1) is 12.2 Å². The Morgan fingerprint density at radius 1 is 1.16 bits per heavy atom. The van der Waals surface area contributed by atoms with Crippen LogP contribution in [0.5, 0.6) is 5.75 Å². The number of para-hydroxylation sites is 1. The Hall–Kier alpha value is -2.41. The molecule has 0 saturated heterocycles. The fourth-order valence-corrected chi connectivity index (χ4v) is 3.17. The first kappa shape index (κ1) is 17.4. The Bertz CT molecular complexity index is 870. The molecule has 1 unspecified atom stereocenters. The second-order valence-corrected chi connectivity index (χ2v) is 6.52. The highest BCUT2D eigenvalue weighted by atomic mass is 32.2. The van der Waals surface area contributed by atoms with Crippen LogP contribution in [-0.2, 0) is 0 Å². The lowest BCUT2D eigenvalue weighted by atomic mass is 10.1. The summed E-state index contributed by atoms with van der Waals surface area (Å²) in [5, 5.41) is 8.04. The third-order valence-corrected chi connectivity index (χ3v) is 4.48. The van der Waals surface area contributed by atoms with Gasteiger partial charge in [-0.05, 0) is 32.0 Å². The van der Waals surface area contributed by atoms with Crippen LogP contribution in [0.2, 0.25) is 0 Å². The highest BCUT2D eigenvalue weighted by Crippen LogP contribution is 2.37. The first-order valence-corrected chi connectivity index (χ1v) is 8.63. The zero-order chi connectivity index (χ0) is 17.8. The summed E-state index contributed by atoms with van der Waals surface area (Å²) in [4.78, 5) is 0.